The molecule has 1 aliphatic heterocycles. The van der Waals surface area contributed by atoms with Crippen molar-refractivity contribution in [3.8, 4) is 0 Å². The van der Waals surface area contributed by atoms with E-state index in [1.807, 2.05) is 61.5 Å². The highest BCUT2D eigenvalue weighted by atomic mass is 35.5. The number of halogens is 3. The van der Waals surface area contributed by atoms with E-state index >= 15 is 0 Å². The van der Waals surface area contributed by atoms with Crippen LogP contribution >= 0.6 is 34.8 Å². The number of rotatable bonds is 6. The van der Waals surface area contributed by atoms with Crippen molar-refractivity contribution < 1.29 is 14.3 Å². The lowest BCUT2D eigenvalue weighted by molar-refractivity contribution is -0.139. The average molecular weight is 567 g/mol. The van der Waals surface area contributed by atoms with Gasteiger partial charge in [0.15, 0.2) is 5.78 Å². The lowest BCUT2D eigenvalue weighted by Gasteiger charge is -2.37. The Morgan fingerprint density at radius 2 is 1.66 bits per heavy atom. The van der Waals surface area contributed by atoms with Crippen LogP contribution in [0.4, 0.5) is 0 Å². The Morgan fingerprint density at radius 1 is 0.947 bits per heavy atom. The van der Waals surface area contributed by atoms with E-state index in [1.54, 1.807) is 18.2 Å². The number of dihydropyridines is 1. The number of ketones is 1. The summed E-state index contributed by atoms with van der Waals surface area (Å²) in [6.07, 6.45) is 1.53. The third-order valence-corrected chi connectivity index (χ3v) is 7.94. The summed E-state index contributed by atoms with van der Waals surface area (Å²) in [4.78, 5) is 27.3. The molecule has 0 saturated heterocycles. The van der Waals surface area contributed by atoms with Crippen molar-refractivity contribution in [3.63, 3.8) is 0 Å². The van der Waals surface area contributed by atoms with E-state index in [1.165, 1.54) is 0 Å². The molecule has 1 N–H and O–H groups in total. The van der Waals surface area contributed by atoms with E-state index in [4.69, 9.17) is 39.5 Å². The van der Waals surface area contributed by atoms with Crippen molar-refractivity contribution in [1.29, 1.82) is 0 Å². The zero-order chi connectivity index (χ0) is 26.8. The molecule has 1 aliphatic carbocycles. The topological polar surface area (TPSA) is 55.4 Å². The van der Waals surface area contributed by atoms with Crippen LogP contribution < -0.4 is 5.32 Å². The quantitative estimate of drug-likeness (QED) is 0.309. The number of carbonyl (C=O) groups is 2. The number of esters is 1. The van der Waals surface area contributed by atoms with Gasteiger partial charge in [0.2, 0.25) is 0 Å². The van der Waals surface area contributed by atoms with E-state index in [0.717, 1.165) is 16.8 Å². The molecule has 2 aliphatic rings. The molecule has 0 radical (unpaired) electrons. The Morgan fingerprint density at radius 3 is 2.37 bits per heavy atom. The molecular weight excluding hydrogens is 541 g/mol. The summed E-state index contributed by atoms with van der Waals surface area (Å²) < 4.78 is 5.74. The van der Waals surface area contributed by atoms with Gasteiger partial charge in [-0.3, -0.25) is 4.79 Å². The summed E-state index contributed by atoms with van der Waals surface area (Å²) in [6, 6.07) is 22.6. The number of allylic oxidation sites excluding steroid dienone is 3. The van der Waals surface area contributed by atoms with Crippen molar-refractivity contribution in [2.24, 2.45) is 0 Å². The fourth-order valence-corrected chi connectivity index (χ4v) is 5.95. The molecule has 194 valence electrons. The summed E-state index contributed by atoms with van der Waals surface area (Å²) in [5.74, 6) is -1.16. The first-order chi connectivity index (χ1) is 18.3. The normalized spacial score (nSPS) is 19.2. The van der Waals surface area contributed by atoms with Crippen LogP contribution in [-0.2, 0) is 20.7 Å². The second kappa shape index (κ2) is 11.4. The van der Waals surface area contributed by atoms with Gasteiger partial charge < -0.3 is 10.1 Å². The molecule has 1 heterocycles. The molecule has 0 unspecified atom stereocenters. The van der Waals surface area contributed by atoms with Gasteiger partial charge in [-0.1, -0.05) is 83.3 Å². The largest absolute Gasteiger partial charge is 0.462 e. The molecule has 0 fully saturated rings. The van der Waals surface area contributed by atoms with Gasteiger partial charge in [-0.05, 0) is 60.2 Å². The number of benzene rings is 3. The molecule has 38 heavy (non-hydrogen) atoms. The van der Waals surface area contributed by atoms with Gasteiger partial charge in [-0.25, -0.2) is 4.79 Å². The van der Waals surface area contributed by atoms with Crippen LogP contribution in [-0.4, -0.2) is 18.4 Å². The lowest BCUT2D eigenvalue weighted by atomic mass is 9.71. The maximum Gasteiger partial charge on any atom is 0.336 e. The van der Waals surface area contributed by atoms with Crippen LogP contribution in [0.3, 0.4) is 0 Å². The minimum absolute atomic E-state index is 0.000435. The fraction of sp³-hybridized carbons (Fsp3) is 0.226. The SMILES string of the molecule is CC1=C(C(=O)OCCc2ccccc2)[C@@H](c2ccc(Cl)cc2Cl)C2=C(C[C@H](c3ccc(Cl)cc3)CC2=O)N1. The molecule has 3 aromatic rings. The van der Waals surface area contributed by atoms with Gasteiger partial charge in [0, 0.05) is 50.8 Å². The zero-order valence-corrected chi connectivity index (χ0v) is 23.0. The molecule has 3 aromatic carbocycles. The minimum atomic E-state index is -0.654. The summed E-state index contributed by atoms with van der Waals surface area (Å²) in [5, 5.41) is 4.90. The summed E-state index contributed by atoms with van der Waals surface area (Å²) >= 11 is 18.9. The van der Waals surface area contributed by atoms with Crippen molar-refractivity contribution in [2.75, 3.05) is 6.61 Å². The van der Waals surface area contributed by atoms with E-state index in [-0.39, 0.29) is 18.3 Å². The number of hydrogen-bond donors (Lipinski definition) is 1. The molecule has 0 amide bonds. The van der Waals surface area contributed by atoms with Crippen LogP contribution in [0.25, 0.3) is 0 Å². The van der Waals surface area contributed by atoms with Crippen molar-refractivity contribution >= 4 is 46.6 Å². The molecule has 0 bridgehead atoms. The van der Waals surface area contributed by atoms with Gasteiger partial charge in [-0.2, -0.15) is 0 Å². The highest BCUT2D eigenvalue weighted by molar-refractivity contribution is 6.35. The molecule has 0 spiro atoms. The molecule has 0 aromatic heterocycles. The predicted molar refractivity (Wildman–Crippen MR) is 152 cm³/mol. The first-order valence-corrected chi connectivity index (χ1v) is 13.6. The van der Waals surface area contributed by atoms with Gasteiger partial charge in [0.1, 0.15) is 0 Å². The second-order valence-electron chi connectivity index (χ2n) is 9.61. The van der Waals surface area contributed by atoms with Crippen molar-refractivity contribution in [1.82, 2.24) is 5.32 Å². The van der Waals surface area contributed by atoms with E-state index in [9.17, 15) is 9.59 Å². The molecule has 7 heteroatoms. The Kier molecular flexibility index (Phi) is 7.94. The minimum Gasteiger partial charge on any atom is -0.462 e. The van der Waals surface area contributed by atoms with Crippen molar-refractivity contribution in [3.05, 3.63) is 127 Å². The Balaban J connectivity index is 1.49. The second-order valence-corrected chi connectivity index (χ2v) is 10.9. The molecule has 2 atom stereocenters. The van der Waals surface area contributed by atoms with Crippen LogP contribution in [0.2, 0.25) is 15.1 Å². The Hall–Kier alpha value is -3.05. The third kappa shape index (κ3) is 5.54. The van der Waals surface area contributed by atoms with Crippen LogP contribution in [0.15, 0.2) is 95.3 Å². The van der Waals surface area contributed by atoms with Gasteiger partial charge in [0.25, 0.3) is 0 Å². The molecule has 0 saturated carbocycles. The number of carbonyl (C=O) groups excluding carboxylic acids is 2. The summed E-state index contributed by atoms with van der Waals surface area (Å²) in [7, 11) is 0. The van der Waals surface area contributed by atoms with Crippen LogP contribution in [0, 0.1) is 0 Å². The standard InChI is InChI=1S/C31H26Cl3NO3/c1-18-28(31(37)38-14-13-19-5-3-2-4-6-19)29(24-12-11-23(33)17-25(24)34)30-26(35-18)15-21(16-27(30)36)20-7-9-22(32)10-8-20/h2-12,17,21,29,35H,13-16H2,1H3/t21-,29+/m0/s1. The Labute approximate surface area is 237 Å². The monoisotopic (exact) mass is 565 g/mol. The maximum absolute atomic E-state index is 13.7. The first kappa shape index (κ1) is 26.6. The molecular formula is C31H26Cl3NO3. The molecule has 5 rings (SSSR count). The highest BCUT2D eigenvalue weighted by Crippen LogP contribution is 2.47. The van der Waals surface area contributed by atoms with Gasteiger partial charge >= 0.3 is 5.97 Å². The smallest absolute Gasteiger partial charge is 0.336 e. The average Bonchev–Trinajstić information content (AvgIpc) is 2.89. The molecule has 4 nitrogen and oxygen atoms in total. The third-order valence-electron chi connectivity index (χ3n) is 7.13. The first-order valence-electron chi connectivity index (χ1n) is 12.5. The zero-order valence-electron chi connectivity index (χ0n) is 20.8. The van der Waals surface area contributed by atoms with Crippen molar-refractivity contribution in [2.45, 2.75) is 38.0 Å². The van der Waals surface area contributed by atoms with Gasteiger partial charge in [-0.15, -0.1) is 0 Å². The van der Waals surface area contributed by atoms with E-state index in [2.05, 4.69) is 5.32 Å². The van der Waals surface area contributed by atoms with Gasteiger partial charge in [0.05, 0.1) is 12.2 Å². The summed E-state index contributed by atoms with van der Waals surface area (Å²) in [6.45, 7) is 2.06. The van der Waals surface area contributed by atoms with E-state index in [0.29, 0.717) is 56.7 Å². The Bertz CT molecular complexity index is 1440. The number of hydrogen-bond acceptors (Lipinski definition) is 4. The highest BCUT2D eigenvalue weighted by Gasteiger charge is 2.42. The number of nitrogens with one attached hydrogen (secondary N) is 1. The lowest BCUT2D eigenvalue weighted by Crippen LogP contribution is -2.36. The number of ether oxygens (including phenoxy) is 1. The van der Waals surface area contributed by atoms with Crippen LogP contribution in [0.5, 0.6) is 0 Å². The fourth-order valence-electron chi connectivity index (χ4n) is 5.31. The van der Waals surface area contributed by atoms with Crippen LogP contribution in [0.1, 0.15) is 48.3 Å². The maximum atomic E-state index is 13.7. The number of Topliss-reactive ketones (excluding diaryl/α,β-unsaturated/α-hetero) is 1. The predicted octanol–water partition coefficient (Wildman–Crippen LogP) is 7.79. The summed E-state index contributed by atoms with van der Waals surface area (Å²) in [5.41, 5.74) is 5.16. The van der Waals surface area contributed by atoms with E-state index < -0.39 is 11.9 Å².